The zero-order valence-electron chi connectivity index (χ0n) is 13.8. The zero-order valence-corrected chi connectivity index (χ0v) is 13.8. The fourth-order valence-corrected chi connectivity index (χ4v) is 5.35. The first-order chi connectivity index (χ1) is 10.7. The van der Waals surface area contributed by atoms with Crippen molar-refractivity contribution in [1.82, 2.24) is 10.6 Å². The highest BCUT2D eigenvalue weighted by Gasteiger charge is 2.50. The highest BCUT2D eigenvalue weighted by Crippen LogP contribution is 2.51. The lowest BCUT2D eigenvalue weighted by Gasteiger charge is -2.48. The normalized spacial score (nSPS) is 28.5. The highest BCUT2D eigenvalue weighted by molar-refractivity contribution is 5.75. The van der Waals surface area contributed by atoms with E-state index in [1.54, 1.807) is 0 Å². The zero-order chi connectivity index (χ0) is 15.4. The molecule has 3 N–H and O–H groups in total. The Morgan fingerprint density at radius 1 is 1.00 bits per heavy atom. The minimum atomic E-state index is -0.604. The average Bonchev–Trinajstić information content (AvgIpc) is 3.09. The van der Waals surface area contributed by atoms with Crippen LogP contribution in [0.2, 0.25) is 0 Å². The first kappa shape index (κ1) is 16.3. The quantitative estimate of drug-likeness (QED) is 0.731. The summed E-state index contributed by atoms with van der Waals surface area (Å²) in [5, 5.41) is 17.0. The lowest BCUT2D eigenvalue weighted by atomic mass is 9.60. The summed E-state index contributed by atoms with van der Waals surface area (Å²) in [6.45, 7) is 2.03. The van der Waals surface area contributed by atoms with Crippen molar-refractivity contribution in [2.45, 2.75) is 82.7 Å². The molecule has 126 valence electrons. The summed E-state index contributed by atoms with van der Waals surface area (Å²) in [6.07, 6.45) is 13.2. The van der Waals surface area contributed by atoms with E-state index in [0.717, 1.165) is 38.8 Å². The van der Waals surface area contributed by atoms with E-state index >= 15 is 0 Å². The maximum absolute atomic E-state index is 12.2. The molecule has 0 aromatic heterocycles. The molecule has 3 fully saturated rings. The number of aliphatic carboxylic acids is 1. The molecule has 2 aliphatic carbocycles. The molecule has 1 atom stereocenters. The van der Waals surface area contributed by atoms with Crippen LogP contribution in [0.4, 0.5) is 0 Å². The third-order valence-electron chi connectivity index (χ3n) is 6.52. The molecule has 0 bridgehead atoms. The summed E-state index contributed by atoms with van der Waals surface area (Å²) in [5.74, 6) is 0.0236. The number of piperidine rings is 1. The molecular formula is C18H32N2O2. The van der Waals surface area contributed by atoms with E-state index in [1.165, 1.54) is 44.9 Å². The first-order valence-corrected chi connectivity index (χ1v) is 9.42. The van der Waals surface area contributed by atoms with Gasteiger partial charge in [-0.3, -0.25) is 4.79 Å². The van der Waals surface area contributed by atoms with E-state index in [2.05, 4.69) is 10.6 Å². The van der Waals surface area contributed by atoms with Gasteiger partial charge in [-0.15, -0.1) is 0 Å². The molecule has 1 heterocycles. The number of rotatable bonds is 5. The van der Waals surface area contributed by atoms with Crippen molar-refractivity contribution in [2.24, 2.45) is 11.3 Å². The van der Waals surface area contributed by atoms with Crippen molar-refractivity contribution in [3.8, 4) is 0 Å². The molecule has 22 heavy (non-hydrogen) atoms. The van der Waals surface area contributed by atoms with Crippen LogP contribution in [0.3, 0.4) is 0 Å². The lowest BCUT2D eigenvalue weighted by Crippen LogP contribution is -2.58. The molecule has 0 radical (unpaired) electrons. The van der Waals surface area contributed by atoms with Crippen LogP contribution < -0.4 is 10.6 Å². The van der Waals surface area contributed by atoms with E-state index in [0.29, 0.717) is 12.0 Å². The Morgan fingerprint density at radius 2 is 1.64 bits per heavy atom. The third kappa shape index (κ3) is 3.33. The van der Waals surface area contributed by atoms with E-state index in [-0.39, 0.29) is 11.5 Å². The maximum atomic E-state index is 12.2. The van der Waals surface area contributed by atoms with Gasteiger partial charge in [0.25, 0.3) is 0 Å². The highest BCUT2D eigenvalue weighted by atomic mass is 16.4. The maximum Gasteiger partial charge on any atom is 0.321 e. The number of carbonyl (C=O) groups is 1. The number of hydrogen-bond donors (Lipinski definition) is 3. The minimum Gasteiger partial charge on any atom is -0.480 e. The van der Waals surface area contributed by atoms with Gasteiger partial charge in [-0.05, 0) is 62.9 Å². The summed E-state index contributed by atoms with van der Waals surface area (Å²) < 4.78 is 0. The second-order valence-corrected chi connectivity index (χ2v) is 7.74. The van der Waals surface area contributed by atoms with Gasteiger partial charge in [0.05, 0.1) is 0 Å². The van der Waals surface area contributed by atoms with Gasteiger partial charge in [-0.1, -0.05) is 32.1 Å². The van der Waals surface area contributed by atoms with Crippen LogP contribution in [0.25, 0.3) is 0 Å². The van der Waals surface area contributed by atoms with E-state index in [1.807, 2.05) is 0 Å². The van der Waals surface area contributed by atoms with Gasteiger partial charge in [0, 0.05) is 6.04 Å². The number of nitrogens with one attached hydrogen (secondary N) is 2. The number of hydrogen-bond acceptors (Lipinski definition) is 3. The smallest absolute Gasteiger partial charge is 0.321 e. The van der Waals surface area contributed by atoms with Crippen LogP contribution in [-0.4, -0.2) is 36.2 Å². The molecule has 0 unspecified atom stereocenters. The van der Waals surface area contributed by atoms with Gasteiger partial charge in [0.15, 0.2) is 0 Å². The van der Waals surface area contributed by atoms with Gasteiger partial charge >= 0.3 is 5.97 Å². The monoisotopic (exact) mass is 308 g/mol. The molecule has 0 amide bonds. The van der Waals surface area contributed by atoms with Crippen molar-refractivity contribution in [3.63, 3.8) is 0 Å². The van der Waals surface area contributed by atoms with Crippen LogP contribution in [0.15, 0.2) is 0 Å². The minimum absolute atomic E-state index is 0.0193. The molecule has 4 nitrogen and oxygen atoms in total. The van der Waals surface area contributed by atoms with Gasteiger partial charge in [0.2, 0.25) is 0 Å². The van der Waals surface area contributed by atoms with Gasteiger partial charge in [-0.25, -0.2) is 0 Å². The van der Waals surface area contributed by atoms with Crippen molar-refractivity contribution in [3.05, 3.63) is 0 Å². The summed E-state index contributed by atoms with van der Waals surface area (Å²) in [7, 11) is 0. The van der Waals surface area contributed by atoms with Crippen molar-refractivity contribution in [1.29, 1.82) is 0 Å². The Kier molecular flexibility index (Phi) is 5.40. The first-order valence-electron chi connectivity index (χ1n) is 9.42. The molecular weight excluding hydrogens is 276 g/mol. The van der Waals surface area contributed by atoms with E-state index in [9.17, 15) is 9.90 Å². The van der Waals surface area contributed by atoms with Crippen LogP contribution in [0.5, 0.6) is 0 Å². The molecule has 0 spiro atoms. The molecule has 0 aromatic carbocycles. The van der Waals surface area contributed by atoms with Crippen LogP contribution in [-0.2, 0) is 4.79 Å². The molecule has 4 heteroatoms. The Morgan fingerprint density at radius 3 is 2.23 bits per heavy atom. The van der Waals surface area contributed by atoms with Gasteiger partial charge < -0.3 is 15.7 Å². The second kappa shape index (κ2) is 7.31. The Hall–Kier alpha value is -0.610. The van der Waals surface area contributed by atoms with E-state index in [4.69, 9.17) is 0 Å². The second-order valence-electron chi connectivity index (χ2n) is 7.74. The SMILES string of the molecule is O=C(O)[C@@H](NC1CCNCC1)C1(C2CCCC2)CCCCC1. The van der Waals surface area contributed by atoms with Crippen molar-refractivity contribution in [2.75, 3.05) is 13.1 Å². The molecule has 2 saturated carbocycles. The standard InChI is InChI=1S/C18H32N2O2/c21-17(22)16(20-15-8-12-19-13-9-15)18(10-4-1-5-11-18)14-6-2-3-7-14/h14-16,19-20H,1-13H2,(H,21,22)/t16-/m1/s1. The predicted molar refractivity (Wildman–Crippen MR) is 87.9 cm³/mol. The van der Waals surface area contributed by atoms with Crippen LogP contribution >= 0.6 is 0 Å². The van der Waals surface area contributed by atoms with Crippen LogP contribution in [0.1, 0.15) is 70.6 Å². The number of carboxylic acid groups (broad SMARTS) is 1. The molecule has 1 aliphatic heterocycles. The number of carboxylic acids is 1. The van der Waals surface area contributed by atoms with E-state index < -0.39 is 5.97 Å². The van der Waals surface area contributed by atoms with Crippen molar-refractivity contribution < 1.29 is 9.90 Å². The summed E-state index contributed by atoms with van der Waals surface area (Å²) in [6, 6.07) is 0.0431. The molecule has 3 rings (SSSR count). The summed E-state index contributed by atoms with van der Waals surface area (Å²) in [5.41, 5.74) is 0.0193. The Balaban J connectivity index is 1.79. The molecule has 0 aromatic rings. The average molecular weight is 308 g/mol. The Bertz CT molecular complexity index is 367. The summed E-state index contributed by atoms with van der Waals surface area (Å²) in [4.78, 5) is 12.2. The van der Waals surface area contributed by atoms with Crippen LogP contribution in [0, 0.1) is 11.3 Å². The fraction of sp³-hybridized carbons (Fsp3) is 0.944. The van der Waals surface area contributed by atoms with Crippen molar-refractivity contribution >= 4 is 5.97 Å². The van der Waals surface area contributed by atoms with Gasteiger partial charge in [-0.2, -0.15) is 0 Å². The predicted octanol–water partition coefficient (Wildman–Crippen LogP) is 2.92. The summed E-state index contributed by atoms with van der Waals surface area (Å²) >= 11 is 0. The lowest BCUT2D eigenvalue weighted by molar-refractivity contribution is -0.146. The Labute approximate surface area is 134 Å². The van der Waals surface area contributed by atoms with Gasteiger partial charge in [0.1, 0.15) is 6.04 Å². The third-order valence-corrected chi connectivity index (χ3v) is 6.52. The fourth-order valence-electron chi connectivity index (χ4n) is 5.35. The molecule has 3 aliphatic rings. The largest absolute Gasteiger partial charge is 0.480 e. The molecule has 1 saturated heterocycles. The topological polar surface area (TPSA) is 61.4 Å².